The maximum atomic E-state index is 12.3. The molecular formula is C54H29B6N3O. The first kappa shape index (κ1) is 38.3. The summed E-state index contributed by atoms with van der Waals surface area (Å²) in [5.74, 6) is -0.176. The standard InChI is InChI=1S/C54H29B6N3O/c55-46-41(48(57)54(64)53-44(46)45-47(56)49(58)50(59)51(60)52(45)63(53)33-18-8-3-9-19-33)31-23-24-36-40(28-31)61(32-16-6-2-7-17-32)38-25-26-39-42(43(36)38)35-21-10-11-22-37(35)62(39)34-20-12-15-30(27-34)29-13-4-1-5-14-29/h1-28,64H. The lowest BCUT2D eigenvalue weighted by molar-refractivity contribution is 0.484. The number of fused-ring (bicyclic) bond motifs is 10. The van der Waals surface area contributed by atoms with E-state index in [9.17, 15) is 5.11 Å². The van der Waals surface area contributed by atoms with Gasteiger partial charge < -0.3 is 18.8 Å². The van der Waals surface area contributed by atoms with Crippen LogP contribution in [-0.2, 0) is 0 Å². The van der Waals surface area contributed by atoms with Crippen molar-refractivity contribution in [1.82, 2.24) is 13.7 Å². The summed E-state index contributed by atoms with van der Waals surface area (Å²) in [7, 11) is 40.8. The van der Waals surface area contributed by atoms with Gasteiger partial charge in [-0.15, -0.1) is 10.9 Å². The van der Waals surface area contributed by atoms with Gasteiger partial charge in [-0.05, 0) is 93.8 Å². The SMILES string of the molecule is [B]c1c([B])c([B])c2c(c1[B])c1c([B])c(-c3ccc4c5c6c7ccccc7n(-c7cccc(-c8ccccc8)c7)c6ccc5n(-c5ccccc5)c4c3)c([B])c(O)c1n2-c1ccccc1. The predicted octanol–water partition coefficient (Wildman–Crippen LogP) is 6.78. The fourth-order valence-corrected chi connectivity index (χ4v) is 10.1. The lowest BCUT2D eigenvalue weighted by atomic mass is 9.65. The van der Waals surface area contributed by atoms with Crippen LogP contribution in [0.1, 0.15) is 0 Å². The van der Waals surface area contributed by atoms with Crippen LogP contribution in [0.3, 0.4) is 0 Å². The van der Waals surface area contributed by atoms with Gasteiger partial charge in [0.2, 0.25) is 0 Å². The molecule has 0 aliphatic rings. The first-order chi connectivity index (χ1) is 31.2. The lowest BCUT2D eigenvalue weighted by Crippen LogP contribution is -2.48. The quantitative estimate of drug-likeness (QED) is 0.192. The highest BCUT2D eigenvalue weighted by atomic mass is 16.3. The van der Waals surface area contributed by atoms with Crippen LogP contribution in [0.4, 0.5) is 0 Å². The first-order valence-electron chi connectivity index (χ1n) is 21.0. The summed E-state index contributed by atoms with van der Waals surface area (Å²) in [5, 5.41) is 17.7. The molecule has 64 heavy (non-hydrogen) atoms. The number of rotatable bonds is 5. The lowest BCUT2D eigenvalue weighted by Gasteiger charge is -2.18. The zero-order valence-electron chi connectivity index (χ0n) is 34.4. The topological polar surface area (TPSA) is 35.0 Å². The Kier molecular flexibility index (Phi) is 8.55. The van der Waals surface area contributed by atoms with Crippen molar-refractivity contribution in [3.63, 3.8) is 0 Å². The number of aromatic hydroxyl groups is 1. The average Bonchev–Trinajstić information content (AvgIpc) is 3.99. The second kappa shape index (κ2) is 14.3. The maximum absolute atomic E-state index is 12.3. The Morgan fingerprint density at radius 3 is 1.53 bits per heavy atom. The molecule has 12 aromatic rings. The molecule has 0 saturated heterocycles. The van der Waals surface area contributed by atoms with E-state index in [4.69, 9.17) is 47.1 Å². The van der Waals surface area contributed by atoms with Crippen LogP contribution < -0.4 is 32.8 Å². The summed E-state index contributed by atoms with van der Waals surface area (Å²) >= 11 is 0. The number of phenols is 1. The molecule has 3 aromatic heterocycles. The van der Waals surface area contributed by atoms with Crippen LogP contribution in [0, 0.1) is 0 Å². The Hall–Kier alpha value is -7.43. The van der Waals surface area contributed by atoms with Crippen molar-refractivity contribution in [1.29, 1.82) is 0 Å². The minimum absolute atomic E-state index is 0.105. The number of phenolic OH excluding ortho intramolecular Hbond substituents is 1. The molecule has 10 heteroatoms. The molecular weight excluding hydrogens is 771 g/mol. The number of hydrogen-bond acceptors (Lipinski definition) is 1. The fraction of sp³-hybridized carbons (Fsp3) is 0. The molecule has 0 spiro atoms. The first-order valence-corrected chi connectivity index (χ1v) is 21.0. The second-order valence-corrected chi connectivity index (χ2v) is 16.3. The van der Waals surface area contributed by atoms with Gasteiger partial charge in [0, 0.05) is 49.5 Å². The number of hydrogen-bond donors (Lipinski definition) is 1. The minimum Gasteiger partial charge on any atom is -0.506 e. The number of aromatic nitrogens is 3. The summed E-state index contributed by atoms with van der Waals surface area (Å²) in [6.45, 7) is 0. The second-order valence-electron chi connectivity index (χ2n) is 16.3. The third kappa shape index (κ3) is 5.32. The monoisotopic (exact) mass is 801 g/mol. The molecule has 0 fully saturated rings. The van der Waals surface area contributed by atoms with Gasteiger partial charge in [0.25, 0.3) is 0 Å². The number of nitrogens with zero attached hydrogens (tertiary/aromatic N) is 3. The third-order valence-corrected chi connectivity index (χ3v) is 12.9. The van der Waals surface area contributed by atoms with Gasteiger partial charge in [-0.3, -0.25) is 0 Å². The van der Waals surface area contributed by atoms with E-state index in [1.165, 1.54) is 0 Å². The summed E-state index contributed by atoms with van der Waals surface area (Å²) in [6, 6.07) is 58.3. The molecule has 0 aliphatic heterocycles. The van der Waals surface area contributed by atoms with Crippen molar-refractivity contribution in [3.05, 3.63) is 170 Å². The molecule has 9 aromatic carbocycles. The molecule has 1 N–H and O–H groups in total. The van der Waals surface area contributed by atoms with Crippen molar-refractivity contribution < 1.29 is 5.11 Å². The zero-order valence-corrected chi connectivity index (χ0v) is 34.4. The number of benzene rings is 9. The van der Waals surface area contributed by atoms with E-state index in [-0.39, 0.29) is 33.1 Å². The molecule has 0 unspecified atom stereocenters. The van der Waals surface area contributed by atoms with Crippen LogP contribution in [0.5, 0.6) is 5.75 Å². The molecule has 12 rings (SSSR count). The van der Waals surface area contributed by atoms with Gasteiger partial charge >= 0.3 is 0 Å². The highest BCUT2D eigenvalue weighted by molar-refractivity contribution is 6.68. The third-order valence-electron chi connectivity index (χ3n) is 12.9. The average molecular weight is 801 g/mol. The van der Waals surface area contributed by atoms with E-state index in [1.54, 1.807) is 4.57 Å². The van der Waals surface area contributed by atoms with Crippen LogP contribution in [0.15, 0.2) is 170 Å². The predicted molar refractivity (Wildman–Crippen MR) is 274 cm³/mol. The van der Waals surface area contributed by atoms with E-state index in [1.807, 2.05) is 60.7 Å². The summed E-state index contributed by atoms with van der Waals surface area (Å²) < 4.78 is 6.44. The molecule has 3 heterocycles. The largest absolute Gasteiger partial charge is 0.506 e. The molecule has 0 bridgehead atoms. The molecule has 12 radical (unpaired) electrons. The van der Waals surface area contributed by atoms with Crippen molar-refractivity contribution in [3.8, 4) is 45.1 Å². The summed E-state index contributed by atoms with van der Waals surface area (Å²) in [6.07, 6.45) is 0. The van der Waals surface area contributed by atoms with Crippen molar-refractivity contribution >= 4 is 145 Å². The molecule has 4 nitrogen and oxygen atoms in total. The van der Waals surface area contributed by atoms with E-state index >= 15 is 0 Å². The smallest absolute Gasteiger partial charge is 0.133 e. The van der Waals surface area contributed by atoms with Crippen molar-refractivity contribution in [2.45, 2.75) is 0 Å². The normalized spacial score (nSPS) is 11.9. The molecule has 0 atom stereocenters. The zero-order chi connectivity index (χ0) is 43.5. The van der Waals surface area contributed by atoms with Crippen molar-refractivity contribution in [2.24, 2.45) is 0 Å². The molecule has 284 valence electrons. The minimum atomic E-state index is -0.176. The van der Waals surface area contributed by atoms with Gasteiger partial charge in [-0.2, -0.15) is 0 Å². The van der Waals surface area contributed by atoms with Crippen LogP contribution in [0.25, 0.3) is 105 Å². The Labute approximate surface area is 377 Å². The molecule has 0 aliphatic carbocycles. The number of para-hydroxylation sites is 3. The van der Waals surface area contributed by atoms with Gasteiger partial charge in [0.15, 0.2) is 0 Å². The molecule has 0 saturated carbocycles. The summed E-state index contributed by atoms with van der Waals surface area (Å²) in [5.41, 5.74) is 12.3. The van der Waals surface area contributed by atoms with Crippen LogP contribution >= 0.6 is 0 Å². The van der Waals surface area contributed by atoms with E-state index < -0.39 is 0 Å². The van der Waals surface area contributed by atoms with Gasteiger partial charge in [0.1, 0.15) is 52.8 Å². The summed E-state index contributed by atoms with van der Waals surface area (Å²) in [4.78, 5) is 0. The van der Waals surface area contributed by atoms with Crippen LogP contribution in [0.2, 0.25) is 0 Å². The van der Waals surface area contributed by atoms with E-state index in [0.29, 0.717) is 44.1 Å². The van der Waals surface area contributed by atoms with Crippen molar-refractivity contribution in [2.75, 3.05) is 0 Å². The van der Waals surface area contributed by atoms with Gasteiger partial charge in [-0.25, -0.2) is 0 Å². The highest BCUT2D eigenvalue weighted by Gasteiger charge is 2.27. The Balaban J connectivity index is 1.17. The van der Waals surface area contributed by atoms with Gasteiger partial charge in [0.05, 0.1) is 27.6 Å². The Bertz CT molecular complexity index is 3910. The maximum Gasteiger partial charge on any atom is 0.133 e. The van der Waals surface area contributed by atoms with E-state index in [2.05, 4.69) is 118 Å². The fourth-order valence-electron chi connectivity index (χ4n) is 10.1. The molecule has 0 amide bonds. The Morgan fingerprint density at radius 2 is 0.844 bits per heavy atom. The van der Waals surface area contributed by atoms with Crippen LogP contribution in [-0.4, -0.2) is 65.9 Å². The Morgan fingerprint density at radius 1 is 0.312 bits per heavy atom. The van der Waals surface area contributed by atoms with Gasteiger partial charge in [-0.1, -0.05) is 126 Å². The highest BCUT2D eigenvalue weighted by Crippen LogP contribution is 2.44. The van der Waals surface area contributed by atoms with E-state index in [0.717, 1.165) is 66.1 Å².